The van der Waals surface area contributed by atoms with Gasteiger partial charge in [0.1, 0.15) is 0 Å². The van der Waals surface area contributed by atoms with Crippen molar-refractivity contribution in [2.75, 3.05) is 19.6 Å². The lowest BCUT2D eigenvalue weighted by atomic mass is 10.1. The van der Waals surface area contributed by atoms with Crippen LogP contribution < -0.4 is 5.32 Å². The predicted molar refractivity (Wildman–Crippen MR) is 80.9 cm³/mol. The average Bonchev–Trinajstić information content (AvgIpc) is 3.20. The van der Waals surface area contributed by atoms with Gasteiger partial charge in [0.2, 0.25) is 0 Å². The molecule has 1 saturated heterocycles. The maximum Gasteiger partial charge on any atom is 0.0465 e. The van der Waals surface area contributed by atoms with Crippen molar-refractivity contribution in [1.29, 1.82) is 0 Å². The Balaban J connectivity index is 1.70. The molecule has 0 bridgehead atoms. The minimum Gasteiger partial charge on any atom is -0.312 e. The van der Waals surface area contributed by atoms with E-state index in [1.165, 1.54) is 19.3 Å². The molecule has 2 aliphatic rings. The molecule has 0 amide bonds. The predicted octanol–water partition coefficient (Wildman–Crippen LogP) is 3.57. The van der Waals surface area contributed by atoms with Gasteiger partial charge < -0.3 is 5.32 Å². The number of rotatable bonds is 3. The number of benzene rings is 1. The van der Waals surface area contributed by atoms with Crippen LogP contribution in [0.5, 0.6) is 0 Å². The number of hydrogen-bond acceptors (Lipinski definition) is 2. The quantitative estimate of drug-likeness (QED) is 0.918. The van der Waals surface area contributed by atoms with Crippen LogP contribution in [0.4, 0.5) is 0 Å². The fourth-order valence-electron chi connectivity index (χ4n) is 2.89. The van der Waals surface area contributed by atoms with Gasteiger partial charge in [-0.25, -0.2) is 0 Å². The molecule has 0 aromatic heterocycles. The van der Waals surface area contributed by atoms with Crippen molar-refractivity contribution in [2.24, 2.45) is 5.92 Å². The van der Waals surface area contributed by atoms with Gasteiger partial charge in [-0.15, -0.1) is 0 Å². The Morgan fingerprint density at radius 1 is 1.21 bits per heavy atom. The second-order valence-corrected chi connectivity index (χ2v) is 6.50. The summed E-state index contributed by atoms with van der Waals surface area (Å²) in [5, 5.41) is 5.25. The Labute approximate surface area is 125 Å². The fraction of sp³-hybridized carbons (Fsp3) is 0.600. The molecule has 2 nitrogen and oxygen atoms in total. The maximum atomic E-state index is 6.27. The smallest absolute Gasteiger partial charge is 0.0465 e. The standard InChI is InChI=1S/C15H20Cl2N2/c16-13-3-1-4-14(17)12(13)9-19-8-2-7-18-15(10-19)11-5-6-11/h1,3-4,11,15,18H,2,5-10H2. The third-order valence-corrected chi connectivity index (χ3v) is 4.86. The van der Waals surface area contributed by atoms with Crippen molar-refractivity contribution < 1.29 is 0 Å². The molecule has 1 N–H and O–H groups in total. The third-order valence-electron chi connectivity index (χ3n) is 4.15. The molecule has 3 rings (SSSR count). The van der Waals surface area contributed by atoms with Crippen LogP contribution in [0.25, 0.3) is 0 Å². The van der Waals surface area contributed by atoms with Gasteiger partial charge in [-0.05, 0) is 50.4 Å². The van der Waals surface area contributed by atoms with Gasteiger partial charge in [0, 0.05) is 34.7 Å². The van der Waals surface area contributed by atoms with Gasteiger partial charge in [0.25, 0.3) is 0 Å². The van der Waals surface area contributed by atoms with Crippen molar-refractivity contribution in [2.45, 2.75) is 31.8 Å². The molecule has 0 spiro atoms. The van der Waals surface area contributed by atoms with Crippen molar-refractivity contribution in [3.05, 3.63) is 33.8 Å². The first-order valence-electron chi connectivity index (χ1n) is 7.12. The molecule has 1 unspecified atom stereocenters. The van der Waals surface area contributed by atoms with E-state index in [4.69, 9.17) is 23.2 Å². The summed E-state index contributed by atoms with van der Waals surface area (Å²) in [7, 11) is 0. The van der Waals surface area contributed by atoms with E-state index in [-0.39, 0.29) is 0 Å². The largest absolute Gasteiger partial charge is 0.312 e. The first kappa shape index (κ1) is 13.7. The summed E-state index contributed by atoms with van der Waals surface area (Å²) >= 11 is 12.5. The van der Waals surface area contributed by atoms with Crippen LogP contribution in [0.2, 0.25) is 10.0 Å². The van der Waals surface area contributed by atoms with E-state index >= 15 is 0 Å². The molecule has 1 aliphatic carbocycles. The van der Waals surface area contributed by atoms with E-state index in [0.717, 1.165) is 47.7 Å². The minimum absolute atomic E-state index is 0.656. The van der Waals surface area contributed by atoms with Crippen molar-refractivity contribution in [1.82, 2.24) is 10.2 Å². The SMILES string of the molecule is Clc1cccc(Cl)c1CN1CCCNC(C2CC2)C1. The summed E-state index contributed by atoms with van der Waals surface area (Å²) in [4.78, 5) is 2.50. The molecule has 1 atom stereocenters. The van der Waals surface area contributed by atoms with Gasteiger partial charge in [0.05, 0.1) is 0 Å². The molecule has 4 heteroatoms. The van der Waals surface area contributed by atoms with Crippen LogP contribution in [-0.4, -0.2) is 30.6 Å². The van der Waals surface area contributed by atoms with Gasteiger partial charge in [-0.3, -0.25) is 4.90 Å². The lowest BCUT2D eigenvalue weighted by Gasteiger charge is -2.25. The molecule has 104 valence electrons. The highest BCUT2D eigenvalue weighted by Gasteiger charge is 2.33. The Morgan fingerprint density at radius 2 is 1.95 bits per heavy atom. The highest BCUT2D eigenvalue weighted by molar-refractivity contribution is 6.35. The van der Waals surface area contributed by atoms with Gasteiger partial charge >= 0.3 is 0 Å². The second kappa shape index (κ2) is 6.01. The highest BCUT2D eigenvalue weighted by atomic mass is 35.5. The zero-order valence-electron chi connectivity index (χ0n) is 11.0. The monoisotopic (exact) mass is 298 g/mol. The summed E-state index contributed by atoms with van der Waals surface area (Å²) in [5.74, 6) is 0.891. The zero-order valence-corrected chi connectivity index (χ0v) is 12.6. The van der Waals surface area contributed by atoms with E-state index in [9.17, 15) is 0 Å². The van der Waals surface area contributed by atoms with E-state index < -0.39 is 0 Å². The zero-order chi connectivity index (χ0) is 13.2. The minimum atomic E-state index is 0.656. The number of hydrogen-bond donors (Lipinski definition) is 1. The van der Waals surface area contributed by atoms with E-state index in [0.29, 0.717) is 6.04 Å². The van der Waals surface area contributed by atoms with Crippen LogP contribution in [0, 0.1) is 5.92 Å². The van der Waals surface area contributed by atoms with Crippen LogP contribution in [0.3, 0.4) is 0 Å². The number of halogens is 2. The summed E-state index contributed by atoms with van der Waals surface area (Å²) < 4.78 is 0. The van der Waals surface area contributed by atoms with Gasteiger partial charge in [-0.2, -0.15) is 0 Å². The number of nitrogens with one attached hydrogen (secondary N) is 1. The Kier molecular flexibility index (Phi) is 4.33. The Hall–Kier alpha value is -0.280. The van der Waals surface area contributed by atoms with Crippen LogP contribution >= 0.6 is 23.2 Å². The summed E-state index contributed by atoms with van der Waals surface area (Å²) in [6.07, 6.45) is 3.97. The normalized spacial score (nSPS) is 25.3. The Bertz CT molecular complexity index is 426. The fourth-order valence-corrected chi connectivity index (χ4v) is 3.41. The van der Waals surface area contributed by atoms with Gasteiger partial charge in [0.15, 0.2) is 0 Å². The number of nitrogens with zero attached hydrogens (tertiary/aromatic N) is 1. The molecule has 19 heavy (non-hydrogen) atoms. The molecule has 0 radical (unpaired) electrons. The summed E-state index contributed by atoms with van der Waals surface area (Å²) in [5.41, 5.74) is 1.07. The van der Waals surface area contributed by atoms with Crippen molar-refractivity contribution in [3.8, 4) is 0 Å². The van der Waals surface area contributed by atoms with E-state index in [1.54, 1.807) is 0 Å². The molecule has 1 aromatic rings. The van der Waals surface area contributed by atoms with E-state index in [2.05, 4.69) is 10.2 Å². The maximum absolute atomic E-state index is 6.27. The third kappa shape index (κ3) is 3.43. The van der Waals surface area contributed by atoms with Crippen LogP contribution in [0.1, 0.15) is 24.8 Å². The van der Waals surface area contributed by atoms with Crippen molar-refractivity contribution >= 4 is 23.2 Å². The van der Waals surface area contributed by atoms with Crippen LogP contribution in [-0.2, 0) is 6.54 Å². The second-order valence-electron chi connectivity index (χ2n) is 5.69. The first-order chi connectivity index (χ1) is 9.24. The molecule has 1 aliphatic heterocycles. The molecule has 1 aromatic carbocycles. The molecule has 2 fully saturated rings. The highest BCUT2D eigenvalue weighted by Crippen LogP contribution is 2.34. The van der Waals surface area contributed by atoms with Crippen molar-refractivity contribution in [3.63, 3.8) is 0 Å². The summed E-state index contributed by atoms with van der Waals surface area (Å²) in [6, 6.07) is 6.42. The lowest BCUT2D eigenvalue weighted by Crippen LogP contribution is -2.39. The molecular weight excluding hydrogens is 279 g/mol. The lowest BCUT2D eigenvalue weighted by molar-refractivity contribution is 0.251. The Morgan fingerprint density at radius 3 is 2.63 bits per heavy atom. The molecule has 1 saturated carbocycles. The molecular formula is C15H20Cl2N2. The topological polar surface area (TPSA) is 15.3 Å². The van der Waals surface area contributed by atoms with E-state index in [1.807, 2.05) is 18.2 Å². The summed E-state index contributed by atoms with van der Waals surface area (Å²) in [6.45, 7) is 4.24. The molecule has 1 heterocycles. The van der Waals surface area contributed by atoms with Crippen LogP contribution in [0.15, 0.2) is 18.2 Å². The average molecular weight is 299 g/mol. The first-order valence-corrected chi connectivity index (χ1v) is 7.88. The van der Waals surface area contributed by atoms with Gasteiger partial charge in [-0.1, -0.05) is 29.3 Å².